The Morgan fingerprint density at radius 2 is 0.487 bits per heavy atom. The van der Waals surface area contributed by atoms with Crippen molar-refractivity contribution in [2.24, 2.45) is 0 Å². The molecule has 0 aliphatic carbocycles. The molecule has 0 heterocycles. The van der Waals surface area contributed by atoms with Gasteiger partial charge in [-0.15, -0.1) is 0 Å². The Labute approximate surface area is 496 Å². The number of esters is 3. The number of ether oxygens (including phenoxy) is 3. The molecule has 0 bridgehead atoms. The van der Waals surface area contributed by atoms with Crippen molar-refractivity contribution in [1.29, 1.82) is 0 Å². The monoisotopic (exact) mass is 1110 g/mol. The van der Waals surface area contributed by atoms with Crippen molar-refractivity contribution in [2.75, 3.05) is 13.2 Å². The van der Waals surface area contributed by atoms with Crippen molar-refractivity contribution in [3.63, 3.8) is 0 Å². The third kappa shape index (κ3) is 65.1. The van der Waals surface area contributed by atoms with Crippen LogP contribution >= 0.6 is 0 Å². The van der Waals surface area contributed by atoms with Gasteiger partial charge in [-0.1, -0.05) is 311 Å². The Bertz CT molecular complexity index is 1560. The lowest BCUT2D eigenvalue weighted by Gasteiger charge is -2.18. The summed E-state index contributed by atoms with van der Waals surface area (Å²) in [5.41, 5.74) is 0. The predicted molar refractivity (Wildman–Crippen MR) is 348 cm³/mol. The van der Waals surface area contributed by atoms with E-state index < -0.39 is 6.10 Å². The number of rotatable bonds is 62. The summed E-state index contributed by atoms with van der Waals surface area (Å²) >= 11 is 0. The lowest BCUT2D eigenvalue weighted by Crippen LogP contribution is -2.30. The zero-order chi connectivity index (χ0) is 57.8. The molecule has 0 radical (unpaired) electrons. The Hall–Kier alpha value is -3.67. The topological polar surface area (TPSA) is 78.9 Å². The van der Waals surface area contributed by atoms with Gasteiger partial charge in [-0.25, -0.2) is 0 Å². The molecule has 1 unspecified atom stereocenters. The van der Waals surface area contributed by atoms with Crippen LogP contribution in [0, 0.1) is 0 Å². The summed E-state index contributed by atoms with van der Waals surface area (Å²) in [6.45, 7) is 6.52. The Kier molecular flexibility index (Phi) is 64.7. The maximum atomic E-state index is 12.9. The van der Waals surface area contributed by atoms with Crippen LogP contribution in [0.1, 0.15) is 335 Å². The quantitative estimate of drug-likeness (QED) is 0.0261. The van der Waals surface area contributed by atoms with Crippen LogP contribution in [0.4, 0.5) is 0 Å². The molecule has 0 amide bonds. The predicted octanol–water partition coefficient (Wildman–Crippen LogP) is 23.6. The van der Waals surface area contributed by atoms with Gasteiger partial charge in [-0.2, -0.15) is 0 Å². The highest BCUT2D eigenvalue weighted by Gasteiger charge is 2.19. The van der Waals surface area contributed by atoms with Crippen molar-refractivity contribution < 1.29 is 28.6 Å². The van der Waals surface area contributed by atoms with Gasteiger partial charge in [0.2, 0.25) is 0 Å². The average molecular weight is 1110 g/mol. The van der Waals surface area contributed by atoms with E-state index in [1.54, 1.807) is 0 Å². The number of unbranched alkanes of at least 4 members (excludes halogenated alkanes) is 35. The van der Waals surface area contributed by atoms with Crippen molar-refractivity contribution in [1.82, 2.24) is 0 Å². The van der Waals surface area contributed by atoms with Crippen molar-refractivity contribution in [3.05, 3.63) is 97.2 Å². The highest BCUT2D eigenvalue weighted by Crippen LogP contribution is 2.17. The summed E-state index contributed by atoms with van der Waals surface area (Å²) in [4.78, 5) is 38.3. The van der Waals surface area contributed by atoms with Gasteiger partial charge in [-0.05, 0) is 103 Å². The summed E-state index contributed by atoms with van der Waals surface area (Å²) in [6, 6.07) is 0. The van der Waals surface area contributed by atoms with Crippen LogP contribution in [-0.4, -0.2) is 37.2 Å². The molecule has 0 aromatic heterocycles. The molecular formula is C74H128O6. The van der Waals surface area contributed by atoms with E-state index in [0.29, 0.717) is 19.3 Å². The summed E-state index contributed by atoms with van der Waals surface area (Å²) < 4.78 is 16.9. The van der Waals surface area contributed by atoms with Gasteiger partial charge in [-0.3, -0.25) is 14.4 Å². The van der Waals surface area contributed by atoms with Gasteiger partial charge in [0.15, 0.2) is 6.10 Å². The van der Waals surface area contributed by atoms with Crippen LogP contribution < -0.4 is 0 Å². The fraction of sp³-hybridized carbons (Fsp3) is 0.743. The summed E-state index contributed by atoms with van der Waals surface area (Å²) in [5, 5.41) is 0. The van der Waals surface area contributed by atoms with Gasteiger partial charge >= 0.3 is 17.9 Å². The van der Waals surface area contributed by atoms with Gasteiger partial charge < -0.3 is 14.2 Å². The van der Waals surface area contributed by atoms with Crippen LogP contribution in [-0.2, 0) is 28.6 Å². The Morgan fingerprint density at radius 3 is 0.787 bits per heavy atom. The third-order valence-corrected chi connectivity index (χ3v) is 14.8. The van der Waals surface area contributed by atoms with Crippen LogP contribution in [0.15, 0.2) is 97.2 Å². The van der Waals surface area contributed by atoms with E-state index in [-0.39, 0.29) is 31.1 Å². The average Bonchev–Trinajstić information content (AvgIpc) is 3.46. The first-order valence-electron chi connectivity index (χ1n) is 34.2. The molecule has 0 aliphatic rings. The fourth-order valence-corrected chi connectivity index (χ4v) is 9.71. The highest BCUT2D eigenvalue weighted by atomic mass is 16.6. The van der Waals surface area contributed by atoms with E-state index in [2.05, 4.69) is 118 Å². The molecule has 0 aliphatic heterocycles. The van der Waals surface area contributed by atoms with Crippen molar-refractivity contribution in [3.8, 4) is 0 Å². The molecule has 460 valence electrons. The van der Waals surface area contributed by atoms with E-state index in [0.717, 1.165) is 122 Å². The summed E-state index contributed by atoms with van der Waals surface area (Å²) in [6.07, 6.45) is 91.5. The van der Waals surface area contributed by atoms with E-state index in [4.69, 9.17) is 14.2 Å². The summed E-state index contributed by atoms with van der Waals surface area (Å²) in [5.74, 6) is -0.877. The first-order valence-corrected chi connectivity index (χ1v) is 34.2. The van der Waals surface area contributed by atoms with E-state index in [1.165, 1.54) is 173 Å². The molecule has 6 nitrogen and oxygen atoms in total. The molecule has 0 saturated carbocycles. The van der Waals surface area contributed by atoms with Gasteiger partial charge in [0.05, 0.1) is 0 Å². The molecule has 0 rings (SSSR count). The smallest absolute Gasteiger partial charge is 0.306 e. The van der Waals surface area contributed by atoms with E-state index in [1.807, 2.05) is 0 Å². The second-order valence-electron chi connectivity index (χ2n) is 22.7. The SMILES string of the molecule is CC/C=C\C/C=C\C/C=C\C/C=C\C/C=C\C/C=C\CCCCCCCCCCCCCCCCCCC(=O)OCC(COC(=O)CCCCCCCCCCCCCC)OC(=O)CCCCCCC/C=C\C/C=C\CCCCC. The first kappa shape index (κ1) is 76.3. The first-order chi connectivity index (χ1) is 39.5. The molecule has 0 saturated heterocycles. The Balaban J connectivity index is 4.12. The molecule has 0 spiro atoms. The number of hydrogen-bond acceptors (Lipinski definition) is 6. The lowest BCUT2D eigenvalue weighted by atomic mass is 10.0. The maximum absolute atomic E-state index is 12.9. The van der Waals surface area contributed by atoms with Crippen molar-refractivity contribution >= 4 is 17.9 Å². The lowest BCUT2D eigenvalue weighted by molar-refractivity contribution is -0.167. The molecule has 0 aromatic carbocycles. The minimum Gasteiger partial charge on any atom is -0.462 e. The minimum absolute atomic E-state index is 0.0778. The van der Waals surface area contributed by atoms with Gasteiger partial charge in [0.25, 0.3) is 0 Å². The normalized spacial score (nSPS) is 12.7. The third-order valence-electron chi connectivity index (χ3n) is 14.8. The van der Waals surface area contributed by atoms with E-state index >= 15 is 0 Å². The number of carbonyl (C=O) groups excluding carboxylic acids is 3. The zero-order valence-corrected chi connectivity index (χ0v) is 52.8. The molecular weight excluding hydrogens is 985 g/mol. The number of carbonyl (C=O) groups is 3. The Morgan fingerprint density at radius 1 is 0.263 bits per heavy atom. The fourth-order valence-electron chi connectivity index (χ4n) is 9.71. The molecule has 0 aromatic rings. The second-order valence-corrected chi connectivity index (χ2v) is 22.7. The van der Waals surface area contributed by atoms with Crippen LogP contribution in [0.3, 0.4) is 0 Å². The molecule has 0 fully saturated rings. The van der Waals surface area contributed by atoms with Crippen LogP contribution in [0.2, 0.25) is 0 Å². The van der Waals surface area contributed by atoms with E-state index in [9.17, 15) is 14.4 Å². The van der Waals surface area contributed by atoms with Crippen molar-refractivity contribution in [2.45, 2.75) is 341 Å². The minimum atomic E-state index is -0.782. The zero-order valence-electron chi connectivity index (χ0n) is 52.8. The molecule has 80 heavy (non-hydrogen) atoms. The highest BCUT2D eigenvalue weighted by molar-refractivity contribution is 5.71. The number of allylic oxidation sites excluding steroid dienone is 16. The molecule has 1 atom stereocenters. The van der Waals surface area contributed by atoms with Crippen LogP contribution in [0.5, 0.6) is 0 Å². The second kappa shape index (κ2) is 67.8. The van der Waals surface area contributed by atoms with Gasteiger partial charge in [0, 0.05) is 19.3 Å². The molecule has 0 N–H and O–H groups in total. The number of hydrogen-bond donors (Lipinski definition) is 0. The largest absolute Gasteiger partial charge is 0.462 e. The van der Waals surface area contributed by atoms with Gasteiger partial charge in [0.1, 0.15) is 13.2 Å². The maximum Gasteiger partial charge on any atom is 0.306 e. The molecule has 6 heteroatoms. The standard InChI is InChI=1S/C74H128O6/c1-4-7-10-13-16-19-22-25-27-28-29-30-31-32-33-34-35-36-37-38-39-40-41-42-43-44-45-46-48-49-52-55-58-61-64-67-73(76)79-70-71(69-78-72(75)66-63-60-57-54-51-24-21-18-15-12-9-6-3)80-74(77)68-65-62-59-56-53-50-47-26-23-20-17-14-11-8-5-2/h7,10,16-17,19-20,25-27,29-30,32-33,35-36,47,71H,4-6,8-9,11-15,18,21-24,28,31,34,37-46,48-70H2,1-3H3/b10-7-,19-16-,20-17-,27-25-,30-29-,33-32-,36-35-,47-26-. The van der Waals surface area contributed by atoms with Crippen LogP contribution in [0.25, 0.3) is 0 Å². The summed E-state index contributed by atoms with van der Waals surface area (Å²) in [7, 11) is 0.